The molecule has 0 fully saturated rings. The Morgan fingerprint density at radius 3 is 1.76 bits per heavy atom. The van der Waals surface area contributed by atoms with Crippen molar-refractivity contribution in [1.82, 2.24) is 0 Å². The predicted octanol–water partition coefficient (Wildman–Crippen LogP) is 2.66. The van der Waals surface area contributed by atoms with Gasteiger partial charge in [0.15, 0.2) is 0 Å². The maximum Gasteiger partial charge on any atom is 0.361 e. The number of rotatable bonds is 4. The third-order valence-corrected chi connectivity index (χ3v) is 4.56. The van der Waals surface area contributed by atoms with Crippen LogP contribution in [0.5, 0.6) is 0 Å². The lowest BCUT2D eigenvalue weighted by Gasteiger charge is -2.31. The zero-order valence-electron chi connectivity index (χ0n) is 11.0. The molecule has 0 amide bonds. The van der Waals surface area contributed by atoms with E-state index >= 15 is 0 Å². The van der Waals surface area contributed by atoms with E-state index in [2.05, 4.69) is 4.99 Å². The van der Waals surface area contributed by atoms with E-state index in [0.717, 1.165) is 6.21 Å². The molecule has 2 rings (SSSR count). The molecular formula is C15H13N2O3P. The fourth-order valence-corrected chi connectivity index (χ4v) is 3.37. The van der Waals surface area contributed by atoms with Crippen molar-refractivity contribution >= 4 is 13.8 Å². The van der Waals surface area contributed by atoms with E-state index in [1.165, 1.54) is 0 Å². The summed E-state index contributed by atoms with van der Waals surface area (Å²) >= 11 is 0. The van der Waals surface area contributed by atoms with Gasteiger partial charge in [0.05, 0.1) is 0 Å². The molecule has 0 aliphatic rings. The molecule has 0 unspecified atom stereocenters. The molecule has 0 radical (unpaired) electrons. The number of benzene rings is 2. The Balaban J connectivity index is 2.83. The summed E-state index contributed by atoms with van der Waals surface area (Å²) in [7, 11) is -4.73. The Hall–Kier alpha value is -2.25. The minimum Gasteiger partial charge on any atom is -0.322 e. The molecule has 0 saturated heterocycles. The molecule has 0 atom stereocenters. The molecule has 0 saturated carbocycles. The number of nitrogens with zero attached hydrogens (tertiary/aromatic N) is 2. The van der Waals surface area contributed by atoms with Crippen LogP contribution in [0.25, 0.3) is 0 Å². The quantitative estimate of drug-likeness (QED) is 0.670. The predicted molar refractivity (Wildman–Crippen MR) is 79.8 cm³/mol. The number of nitriles is 1. The van der Waals surface area contributed by atoms with Crippen LogP contribution in [0.2, 0.25) is 0 Å². The lowest BCUT2D eigenvalue weighted by molar-refractivity contribution is 0.341. The zero-order valence-corrected chi connectivity index (χ0v) is 11.9. The van der Waals surface area contributed by atoms with Crippen LogP contribution in [0.1, 0.15) is 11.1 Å². The molecular weight excluding hydrogens is 287 g/mol. The van der Waals surface area contributed by atoms with E-state index in [0.29, 0.717) is 11.1 Å². The largest absolute Gasteiger partial charge is 0.361 e. The van der Waals surface area contributed by atoms with Gasteiger partial charge in [-0.15, -0.1) is 0 Å². The van der Waals surface area contributed by atoms with Crippen molar-refractivity contribution in [1.29, 1.82) is 5.26 Å². The molecule has 2 aromatic carbocycles. The molecule has 6 heteroatoms. The molecule has 0 aliphatic heterocycles. The number of hydrogen-bond donors (Lipinski definition) is 2. The first-order chi connectivity index (χ1) is 10.0. The summed E-state index contributed by atoms with van der Waals surface area (Å²) < 4.78 is 12.2. The van der Waals surface area contributed by atoms with Gasteiger partial charge in [0, 0.05) is 0 Å². The minimum absolute atomic E-state index is 0.330. The summed E-state index contributed by atoms with van der Waals surface area (Å²) in [5.41, 5.74) is 0.659. The van der Waals surface area contributed by atoms with E-state index in [1.54, 1.807) is 66.7 Å². The first-order valence-electron chi connectivity index (χ1n) is 6.12. The lowest BCUT2D eigenvalue weighted by atomic mass is 9.98. The second kappa shape index (κ2) is 6.02. The maximum atomic E-state index is 12.2. The van der Waals surface area contributed by atoms with Crippen LogP contribution in [-0.2, 0) is 9.85 Å². The van der Waals surface area contributed by atoms with E-state index in [4.69, 9.17) is 5.26 Å². The maximum absolute atomic E-state index is 12.2. The van der Waals surface area contributed by atoms with E-state index < -0.39 is 12.9 Å². The summed E-state index contributed by atoms with van der Waals surface area (Å²) in [6.07, 6.45) is 0.860. The smallest absolute Gasteiger partial charge is 0.322 e. The third-order valence-electron chi connectivity index (χ3n) is 3.08. The summed E-state index contributed by atoms with van der Waals surface area (Å²) in [4.78, 5) is 23.8. The molecule has 0 heterocycles. The second-order valence-corrected chi connectivity index (χ2v) is 6.07. The number of hydrogen-bond acceptors (Lipinski definition) is 3. The number of aliphatic imine (C=N–C) groups is 1. The highest BCUT2D eigenvalue weighted by Gasteiger charge is 2.49. The lowest BCUT2D eigenvalue weighted by Crippen LogP contribution is -2.25. The van der Waals surface area contributed by atoms with Crippen molar-refractivity contribution in [3.8, 4) is 6.07 Å². The molecule has 0 bridgehead atoms. The van der Waals surface area contributed by atoms with Gasteiger partial charge in [-0.2, -0.15) is 5.26 Å². The van der Waals surface area contributed by atoms with Gasteiger partial charge in [-0.05, 0) is 11.1 Å². The van der Waals surface area contributed by atoms with E-state index in [-0.39, 0.29) is 0 Å². The van der Waals surface area contributed by atoms with Gasteiger partial charge >= 0.3 is 7.60 Å². The standard InChI is InChI=1S/C15H13N2O3P/c16-11-12-17-15(21(18,19)20,13-7-3-1-4-8-13)14-9-5-2-6-10-14/h1-10,12H,(H2,18,19,20)/b17-12+. The minimum atomic E-state index is -4.73. The van der Waals surface area contributed by atoms with Gasteiger partial charge in [0.2, 0.25) is 5.28 Å². The summed E-state index contributed by atoms with van der Waals surface area (Å²) in [5.74, 6) is 0. The van der Waals surface area contributed by atoms with Crippen molar-refractivity contribution in [2.24, 2.45) is 4.99 Å². The Morgan fingerprint density at radius 2 is 1.43 bits per heavy atom. The van der Waals surface area contributed by atoms with Crippen LogP contribution < -0.4 is 0 Å². The van der Waals surface area contributed by atoms with Gasteiger partial charge in [0.1, 0.15) is 12.3 Å². The summed E-state index contributed by atoms with van der Waals surface area (Å²) in [6.45, 7) is 0. The molecule has 106 valence electrons. The Labute approximate surface area is 122 Å². The van der Waals surface area contributed by atoms with Crippen LogP contribution in [0, 0.1) is 11.3 Å². The molecule has 2 aromatic rings. The van der Waals surface area contributed by atoms with Gasteiger partial charge < -0.3 is 9.79 Å². The zero-order chi connectivity index (χ0) is 15.3. The topological polar surface area (TPSA) is 93.7 Å². The van der Waals surface area contributed by atoms with Gasteiger partial charge in [-0.1, -0.05) is 60.7 Å². The second-order valence-electron chi connectivity index (χ2n) is 4.34. The summed E-state index contributed by atoms with van der Waals surface area (Å²) in [6, 6.07) is 18.2. The van der Waals surface area contributed by atoms with Gasteiger partial charge in [-0.3, -0.25) is 9.56 Å². The van der Waals surface area contributed by atoms with Crippen molar-refractivity contribution in [2.45, 2.75) is 5.28 Å². The third kappa shape index (κ3) is 2.79. The van der Waals surface area contributed by atoms with Crippen LogP contribution in [-0.4, -0.2) is 16.0 Å². The average molecular weight is 300 g/mol. The molecule has 21 heavy (non-hydrogen) atoms. The Kier molecular flexibility index (Phi) is 4.35. The first kappa shape index (κ1) is 15.1. The van der Waals surface area contributed by atoms with Crippen molar-refractivity contribution in [3.63, 3.8) is 0 Å². The van der Waals surface area contributed by atoms with E-state index in [9.17, 15) is 14.4 Å². The highest BCUT2D eigenvalue weighted by molar-refractivity contribution is 7.53. The highest BCUT2D eigenvalue weighted by atomic mass is 31.2. The molecule has 2 N–H and O–H groups in total. The van der Waals surface area contributed by atoms with Crippen molar-refractivity contribution < 1.29 is 14.4 Å². The normalized spacial score (nSPS) is 12.2. The molecule has 0 aliphatic carbocycles. The molecule has 5 nitrogen and oxygen atoms in total. The summed E-state index contributed by atoms with van der Waals surface area (Å²) in [5, 5.41) is 6.83. The Bertz CT molecular complexity index is 678. The van der Waals surface area contributed by atoms with Crippen LogP contribution in [0.15, 0.2) is 65.7 Å². The first-order valence-corrected chi connectivity index (χ1v) is 7.73. The average Bonchev–Trinajstić information content (AvgIpc) is 2.49. The van der Waals surface area contributed by atoms with Crippen LogP contribution >= 0.6 is 7.60 Å². The highest BCUT2D eigenvalue weighted by Crippen LogP contribution is 2.61. The Morgan fingerprint density at radius 1 is 1.00 bits per heavy atom. The molecule has 0 spiro atoms. The van der Waals surface area contributed by atoms with Crippen LogP contribution in [0.3, 0.4) is 0 Å². The fraction of sp³-hybridized carbons (Fsp3) is 0.0667. The van der Waals surface area contributed by atoms with Crippen LogP contribution in [0.4, 0.5) is 0 Å². The fourth-order valence-electron chi connectivity index (χ4n) is 2.19. The van der Waals surface area contributed by atoms with Gasteiger partial charge in [-0.25, -0.2) is 0 Å². The van der Waals surface area contributed by atoms with Crippen molar-refractivity contribution in [2.75, 3.05) is 0 Å². The SMILES string of the molecule is N#C/C=N/C(c1ccccc1)(c1ccccc1)P(=O)(O)O. The monoisotopic (exact) mass is 300 g/mol. The van der Waals surface area contributed by atoms with Crippen molar-refractivity contribution in [3.05, 3.63) is 71.8 Å². The van der Waals surface area contributed by atoms with Gasteiger partial charge in [0.25, 0.3) is 0 Å². The van der Waals surface area contributed by atoms with E-state index in [1.807, 2.05) is 0 Å². The molecule has 0 aromatic heterocycles.